The first-order chi connectivity index (χ1) is 3.80. The van der Waals surface area contributed by atoms with E-state index in [-0.39, 0.29) is 0 Å². The molecule has 0 aliphatic heterocycles. The first-order valence-electron chi connectivity index (χ1n) is 3.20. The lowest BCUT2D eigenvalue weighted by molar-refractivity contribution is 0.458. The molecule has 0 amide bonds. The van der Waals surface area contributed by atoms with Gasteiger partial charge in [0.25, 0.3) is 0 Å². The highest BCUT2D eigenvalue weighted by Crippen LogP contribution is 2.22. The Labute approximate surface area is 58.8 Å². The molecule has 0 bridgehead atoms. The van der Waals surface area contributed by atoms with Gasteiger partial charge in [0.2, 0.25) is 0 Å². The number of hydrogen-bond donors (Lipinski definition) is 1. The summed E-state index contributed by atoms with van der Waals surface area (Å²) in [6.07, 6.45) is 5.14. The number of halogens is 1. The van der Waals surface area contributed by atoms with Crippen LogP contribution in [0.5, 0.6) is 0 Å². The van der Waals surface area contributed by atoms with Gasteiger partial charge in [-0.2, -0.15) is 0 Å². The van der Waals surface area contributed by atoms with Crippen molar-refractivity contribution >= 4 is 15.9 Å². The van der Waals surface area contributed by atoms with E-state index >= 15 is 0 Å². The Morgan fingerprint density at radius 3 is 2.25 bits per heavy atom. The Morgan fingerprint density at radius 1 is 1.25 bits per heavy atom. The van der Waals surface area contributed by atoms with E-state index in [1.807, 2.05) is 0 Å². The van der Waals surface area contributed by atoms with E-state index < -0.39 is 0 Å². The number of nitrogens with two attached hydrogens (primary N) is 1. The molecule has 48 valence electrons. The minimum atomic E-state index is 0.420. The van der Waals surface area contributed by atoms with Gasteiger partial charge < -0.3 is 5.73 Å². The molecule has 8 heavy (non-hydrogen) atoms. The molecule has 0 aromatic heterocycles. The normalized spacial score (nSPS) is 39.8. The van der Waals surface area contributed by atoms with Gasteiger partial charge in [-0.15, -0.1) is 0 Å². The first-order valence-corrected chi connectivity index (χ1v) is 4.12. The van der Waals surface area contributed by atoms with E-state index in [1.165, 1.54) is 25.7 Å². The van der Waals surface area contributed by atoms with Crippen molar-refractivity contribution in [2.75, 3.05) is 0 Å². The lowest BCUT2D eigenvalue weighted by atomic mass is 9.96. The molecule has 1 aliphatic carbocycles. The molecule has 0 heterocycles. The molecule has 2 N–H and O–H groups in total. The van der Waals surface area contributed by atoms with Crippen molar-refractivity contribution in [3.05, 3.63) is 0 Å². The van der Waals surface area contributed by atoms with Crippen LogP contribution in [-0.4, -0.2) is 10.9 Å². The number of hydrogen-bond acceptors (Lipinski definition) is 1. The van der Waals surface area contributed by atoms with Gasteiger partial charge in [0.15, 0.2) is 0 Å². The maximum atomic E-state index is 5.73. The summed E-state index contributed by atoms with van der Waals surface area (Å²) in [6, 6.07) is 0.420. The van der Waals surface area contributed by atoms with Gasteiger partial charge >= 0.3 is 0 Å². The third-order valence-electron chi connectivity index (χ3n) is 1.73. The molecule has 2 unspecified atom stereocenters. The van der Waals surface area contributed by atoms with Crippen LogP contribution in [0.3, 0.4) is 0 Å². The average Bonchev–Trinajstić information content (AvgIpc) is 1.77. The summed E-state index contributed by atoms with van der Waals surface area (Å²) in [7, 11) is 0. The predicted octanol–water partition coefficient (Wildman–Crippen LogP) is 1.65. The highest BCUT2D eigenvalue weighted by molar-refractivity contribution is 9.09. The van der Waals surface area contributed by atoms with Gasteiger partial charge in [-0.25, -0.2) is 0 Å². The van der Waals surface area contributed by atoms with Crippen molar-refractivity contribution < 1.29 is 0 Å². The fraction of sp³-hybridized carbons (Fsp3) is 1.00. The summed E-state index contributed by atoms with van der Waals surface area (Å²) in [6.45, 7) is 0. The zero-order chi connectivity index (χ0) is 5.98. The summed E-state index contributed by atoms with van der Waals surface area (Å²) < 4.78 is 0. The molecule has 1 fully saturated rings. The second kappa shape index (κ2) is 2.83. The van der Waals surface area contributed by atoms with E-state index in [4.69, 9.17) is 5.73 Å². The monoisotopic (exact) mass is 177 g/mol. The van der Waals surface area contributed by atoms with Crippen molar-refractivity contribution in [1.29, 1.82) is 0 Å². The van der Waals surface area contributed by atoms with Crippen LogP contribution in [0.25, 0.3) is 0 Å². The lowest BCUT2D eigenvalue weighted by Gasteiger charge is -2.22. The Kier molecular flexibility index (Phi) is 2.32. The van der Waals surface area contributed by atoms with Crippen LogP contribution < -0.4 is 5.73 Å². The fourth-order valence-electron chi connectivity index (χ4n) is 1.11. The van der Waals surface area contributed by atoms with Crippen LogP contribution in [-0.2, 0) is 0 Å². The van der Waals surface area contributed by atoms with E-state index in [2.05, 4.69) is 15.9 Å². The van der Waals surface area contributed by atoms with E-state index in [1.54, 1.807) is 0 Å². The number of rotatable bonds is 0. The maximum Gasteiger partial charge on any atom is 0.0297 e. The topological polar surface area (TPSA) is 26.0 Å². The lowest BCUT2D eigenvalue weighted by Crippen LogP contribution is -2.33. The molecule has 0 aromatic rings. The summed E-state index contributed by atoms with van der Waals surface area (Å²) in [5.41, 5.74) is 5.73. The molecule has 0 aromatic carbocycles. The largest absolute Gasteiger partial charge is 0.327 e. The fourth-order valence-corrected chi connectivity index (χ4v) is 1.70. The molecule has 0 saturated heterocycles. The zero-order valence-corrected chi connectivity index (χ0v) is 6.52. The Bertz CT molecular complexity index is 64.9. The Morgan fingerprint density at radius 2 is 1.88 bits per heavy atom. The highest BCUT2D eigenvalue weighted by atomic mass is 79.9. The van der Waals surface area contributed by atoms with E-state index in [0.29, 0.717) is 10.9 Å². The molecular weight excluding hydrogens is 166 g/mol. The van der Waals surface area contributed by atoms with Crippen LogP contribution in [0.15, 0.2) is 0 Å². The van der Waals surface area contributed by atoms with Crippen molar-refractivity contribution in [3.63, 3.8) is 0 Å². The molecule has 0 radical (unpaired) electrons. The highest BCUT2D eigenvalue weighted by Gasteiger charge is 2.17. The van der Waals surface area contributed by atoms with Gasteiger partial charge in [-0.05, 0) is 12.8 Å². The van der Waals surface area contributed by atoms with Crippen molar-refractivity contribution in [1.82, 2.24) is 0 Å². The number of alkyl halides is 1. The molecule has 1 saturated carbocycles. The minimum absolute atomic E-state index is 0.420. The van der Waals surface area contributed by atoms with Crippen molar-refractivity contribution in [2.24, 2.45) is 5.73 Å². The average molecular weight is 178 g/mol. The summed E-state index contributed by atoms with van der Waals surface area (Å²) in [4.78, 5) is 0.594. The molecule has 2 heteroatoms. The minimum Gasteiger partial charge on any atom is -0.327 e. The molecular formula is C6H12BrN. The first kappa shape index (κ1) is 6.56. The second-order valence-electron chi connectivity index (χ2n) is 2.46. The SMILES string of the molecule is NC1CCCCC1Br. The van der Waals surface area contributed by atoms with Crippen molar-refractivity contribution in [2.45, 2.75) is 36.6 Å². The standard InChI is InChI=1S/C6H12BrN/c7-5-3-1-2-4-6(5)8/h5-6H,1-4,8H2. The summed E-state index contributed by atoms with van der Waals surface area (Å²) in [5.74, 6) is 0. The van der Waals surface area contributed by atoms with Crippen LogP contribution in [0.4, 0.5) is 0 Å². The molecule has 0 spiro atoms. The molecule has 2 atom stereocenters. The quantitative estimate of drug-likeness (QED) is 0.560. The van der Waals surface area contributed by atoms with Gasteiger partial charge in [0.05, 0.1) is 0 Å². The van der Waals surface area contributed by atoms with Crippen LogP contribution in [0.2, 0.25) is 0 Å². The molecule has 1 rings (SSSR count). The van der Waals surface area contributed by atoms with Crippen LogP contribution >= 0.6 is 15.9 Å². The van der Waals surface area contributed by atoms with Gasteiger partial charge in [-0.1, -0.05) is 28.8 Å². The second-order valence-corrected chi connectivity index (χ2v) is 3.64. The Balaban J connectivity index is 2.28. The third-order valence-corrected chi connectivity index (χ3v) is 2.87. The smallest absolute Gasteiger partial charge is 0.0297 e. The Hall–Kier alpha value is 0.440. The van der Waals surface area contributed by atoms with E-state index in [9.17, 15) is 0 Å². The van der Waals surface area contributed by atoms with Gasteiger partial charge in [0.1, 0.15) is 0 Å². The molecule has 1 aliphatic rings. The van der Waals surface area contributed by atoms with E-state index in [0.717, 1.165) is 0 Å². The third kappa shape index (κ3) is 1.46. The summed E-state index contributed by atoms with van der Waals surface area (Å²) >= 11 is 3.53. The van der Waals surface area contributed by atoms with Gasteiger partial charge in [0, 0.05) is 10.9 Å². The zero-order valence-electron chi connectivity index (χ0n) is 4.94. The van der Waals surface area contributed by atoms with Crippen LogP contribution in [0, 0.1) is 0 Å². The van der Waals surface area contributed by atoms with Crippen molar-refractivity contribution in [3.8, 4) is 0 Å². The maximum absolute atomic E-state index is 5.73. The van der Waals surface area contributed by atoms with Gasteiger partial charge in [-0.3, -0.25) is 0 Å². The molecule has 1 nitrogen and oxygen atoms in total. The summed E-state index contributed by atoms with van der Waals surface area (Å²) in [5, 5.41) is 0. The predicted molar refractivity (Wildman–Crippen MR) is 39.2 cm³/mol. The van der Waals surface area contributed by atoms with Crippen LogP contribution in [0.1, 0.15) is 25.7 Å².